The van der Waals surface area contributed by atoms with Gasteiger partial charge in [-0.15, -0.1) is 22.7 Å². The second-order valence-corrected chi connectivity index (χ2v) is 10.2. The van der Waals surface area contributed by atoms with Gasteiger partial charge in [-0.25, -0.2) is 4.98 Å². The van der Waals surface area contributed by atoms with E-state index in [1.807, 2.05) is 28.9 Å². The molecule has 0 saturated carbocycles. The summed E-state index contributed by atoms with van der Waals surface area (Å²) in [5.74, 6) is 0. The Balaban J connectivity index is 1.66. The molecule has 0 spiro atoms. The van der Waals surface area contributed by atoms with Crippen LogP contribution < -0.4 is 0 Å². The van der Waals surface area contributed by atoms with Crippen molar-refractivity contribution in [3.8, 4) is 0 Å². The fourth-order valence-electron chi connectivity index (χ4n) is 5.13. The first-order valence-corrected chi connectivity index (χ1v) is 11.9. The Labute approximate surface area is 184 Å². The number of hydrogen-bond acceptors (Lipinski definition) is 3. The second-order valence-electron chi connectivity index (χ2n) is 8.05. The Morgan fingerprint density at radius 2 is 1.32 bits per heavy atom. The Morgan fingerprint density at radius 3 is 2.26 bits per heavy atom. The van der Waals surface area contributed by atoms with Gasteiger partial charge >= 0.3 is 0 Å². The third kappa shape index (κ3) is 1.99. The summed E-state index contributed by atoms with van der Waals surface area (Å²) >= 11 is 3.78. The molecule has 0 aliphatic carbocycles. The largest absolute Gasteiger partial charge is 0.298 e. The number of thiophene rings is 2. The molecule has 8 aromatic rings. The van der Waals surface area contributed by atoms with Crippen LogP contribution in [-0.2, 0) is 0 Å². The molecule has 0 bridgehead atoms. The van der Waals surface area contributed by atoms with Gasteiger partial charge < -0.3 is 0 Å². The number of imidazole rings is 1. The number of fused-ring (bicyclic) bond motifs is 13. The van der Waals surface area contributed by atoms with Crippen LogP contribution in [0.25, 0.3) is 67.7 Å². The highest BCUT2D eigenvalue weighted by Gasteiger charge is 2.17. The third-order valence-corrected chi connectivity index (χ3v) is 8.70. The van der Waals surface area contributed by atoms with Crippen LogP contribution in [-0.4, -0.2) is 9.38 Å². The van der Waals surface area contributed by atoms with E-state index in [9.17, 15) is 0 Å². The lowest BCUT2D eigenvalue weighted by Gasteiger charge is -2.09. The minimum Gasteiger partial charge on any atom is -0.298 e. The van der Waals surface area contributed by atoms with Crippen molar-refractivity contribution in [2.24, 2.45) is 0 Å². The number of rotatable bonds is 0. The molecule has 0 aliphatic rings. The molecule has 2 nitrogen and oxygen atoms in total. The van der Waals surface area contributed by atoms with Gasteiger partial charge in [0.15, 0.2) is 0 Å². The van der Waals surface area contributed by atoms with Gasteiger partial charge in [0.05, 0.1) is 5.52 Å². The normalized spacial score (nSPS) is 12.5. The van der Waals surface area contributed by atoms with Gasteiger partial charge in [-0.1, -0.05) is 48.5 Å². The second kappa shape index (κ2) is 5.61. The van der Waals surface area contributed by atoms with Gasteiger partial charge in [-0.2, -0.15) is 0 Å². The molecule has 0 amide bonds. The SMILES string of the molecule is c1ccc2c(c1)sc1cc3c(cc12)sc1ccc2c4ccccc4c4nccn4c2c13. The van der Waals surface area contributed by atoms with E-state index in [0.29, 0.717) is 0 Å². The summed E-state index contributed by atoms with van der Waals surface area (Å²) in [6.45, 7) is 0. The maximum atomic E-state index is 4.72. The molecule has 0 atom stereocenters. The van der Waals surface area contributed by atoms with Crippen LogP contribution in [0.3, 0.4) is 0 Å². The van der Waals surface area contributed by atoms with Gasteiger partial charge in [0.2, 0.25) is 0 Å². The van der Waals surface area contributed by atoms with E-state index in [2.05, 4.69) is 83.4 Å². The molecule has 0 N–H and O–H groups in total. The van der Waals surface area contributed by atoms with Crippen molar-refractivity contribution in [1.29, 1.82) is 0 Å². The van der Waals surface area contributed by atoms with Crippen molar-refractivity contribution in [2.45, 2.75) is 0 Å². The van der Waals surface area contributed by atoms with Crippen LogP contribution in [0, 0.1) is 0 Å². The van der Waals surface area contributed by atoms with Crippen LogP contribution in [0.4, 0.5) is 0 Å². The first-order valence-electron chi connectivity index (χ1n) is 10.3. The smallest absolute Gasteiger partial charge is 0.145 e. The molecule has 0 fully saturated rings. The molecule has 0 radical (unpaired) electrons. The summed E-state index contributed by atoms with van der Waals surface area (Å²) in [5, 5.41) is 9.15. The minimum absolute atomic E-state index is 1.03. The molecular formula is C27H14N2S2. The quantitative estimate of drug-likeness (QED) is 0.221. The standard InChI is InChI=1S/C27H14N2S2/c1-2-7-18-15(5-1)17-9-10-22-25(26(17)29-12-11-28-27(18)29)20-14-23-19(13-24(20)31-22)16-6-3-4-8-21(16)30-23/h1-14H. The number of nitrogens with zero attached hydrogens (tertiary/aromatic N) is 2. The van der Waals surface area contributed by atoms with Crippen LogP contribution in [0.15, 0.2) is 85.2 Å². The van der Waals surface area contributed by atoms with E-state index in [0.717, 1.165) is 5.65 Å². The van der Waals surface area contributed by atoms with E-state index >= 15 is 0 Å². The highest BCUT2D eigenvalue weighted by atomic mass is 32.1. The van der Waals surface area contributed by atoms with E-state index in [1.165, 1.54) is 62.0 Å². The van der Waals surface area contributed by atoms with Crippen molar-refractivity contribution in [3.05, 3.63) is 85.2 Å². The lowest BCUT2D eigenvalue weighted by molar-refractivity contribution is 1.28. The van der Waals surface area contributed by atoms with Gasteiger partial charge in [0.25, 0.3) is 0 Å². The summed E-state index contributed by atoms with van der Waals surface area (Å²) in [6, 6.07) is 26.7. The van der Waals surface area contributed by atoms with Gasteiger partial charge in [0.1, 0.15) is 5.65 Å². The summed E-state index contributed by atoms with van der Waals surface area (Å²) in [5.41, 5.74) is 2.29. The molecule has 0 aliphatic heterocycles. The molecule has 31 heavy (non-hydrogen) atoms. The molecule has 0 unspecified atom stereocenters. The highest BCUT2D eigenvalue weighted by molar-refractivity contribution is 7.27. The number of benzene rings is 4. The molecule has 144 valence electrons. The van der Waals surface area contributed by atoms with Crippen molar-refractivity contribution in [1.82, 2.24) is 9.38 Å². The lowest BCUT2D eigenvalue weighted by Crippen LogP contribution is -1.91. The van der Waals surface area contributed by atoms with Gasteiger partial charge in [-0.3, -0.25) is 4.40 Å². The maximum absolute atomic E-state index is 4.72. The lowest BCUT2D eigenvalue weighted by atomic mass is 10.0. The topological polar surface area (TPSA) is 17.3 Å². The predicted octanol–water partition coefficient (Wildman–Crippen LogP) is 8.38. The first kappa shape index (κ1) is 16.3. The Kier molecular flexibility index (Phi) is 2.94. The zero-order valence-corrected chi connectivity index (χ0v) is 17.9. The fraction of sp³-hybridized carbons (Fsp3) is 0. The summed E-state index contributed by atoms with van der Waals surface area (Å²) in [6.07, 6.45) is 4.02. The van der Waals surface area contributed by atoms with Gasteiger partial charge in [-0.05, 0) is 29.7 Å². The maximum Gasteiger partial charge on any atom is 0.145 e. The highest BCUT2D eigenvalue weighted by Crippen LogP contribution is 2.44. The van der Waals surface area contributed by atoms with Crippen molar-refractivity contribution >= 4 is 90.3 Å². The number of hydrogen-bond donors (Lipinski definition) is 0. The molecule has 8 rings (SSSR count). The molecule has 4 heterocycles. The molecule has 4 heteroatoms. The monoisotopic (exact) mass is 430 g/mol. The van der Waals surface area contributed by atoms with E-state index in [4.69, 9.17) is 4.98 Å². The summed E-state index contributed by atoms with van der Waals surface area (Å²) in [7, 11) is 0. The Bertz CT molecular complexity index is 2000. The van der Waals surface area contributed by atoms with Crippen molar-refractivity contribution < 1.29 is 0 Å². The fourth-order valence-corrected chi connectivity index (χ4v) is 7.39. The summed E-state index contributed by atoms with van der Waals surface area (Å²) < 4.78 is 7.66. The molecule has 4 aromatic carbocycles. The van der Waals surface area contributed by atoms with Crippen molar-refractivity contribution in [2.75, 3.05) is 0 Å². The number of pyridine rings is 1. The third-order valence-electron chi connectivity index (χ3n) is 6.45. The van der Waals surface area contributed by atoms with E-state index in [-0.39, 0.29) is 0 Å². The molecule has 0 saturated heterocycles. The summed E-state index contributed by atoms with van der Waals surface area (Å²) in [4.78, 5) is 4.72. The first-order chi connectivity index (χ1) is 15.4. The van der Waals surface area contributed by atoms with Crippen molar-refractivity contribution in [3.63, 3.8) is 0 Å². The van der Waals surface area contributed by atoms with Gasteiger partial charge in [0, 0.05) is 63.5 Å². The zero-order chi connectivity index (χ0) is 20.1. The van der Waals surface area contributed by atoms with Crippen LogP contribution in [0.2, 0.25) is 0 Å². The Hall–Kier alpha value is -3.47. The van der Waals surface area contributed by atoms with E-state index < -0.39 is 0 Å². The Morgan fingerprint density at radius 1 is 0.581 bits per heavy atom. The van der Waals surface area contributed by atoms with Crippen LogP contribution >= 0.6 is 22.7 Å². The average molecular weight is 431 g/mol. The van der Waals surface area contributed by atoms with Crippen LogP contribution in [0.5, 0.6) is 0 Å². The van der Waals surface area contributed by atoms with Crippen LogP contribution in [0.1, 0.15) is 0 Å². The predicted molar refractivity (Wildman–Crippen MR) is 136 cm³/mol. The zero-order valence-electron chi connectivity index (χ0n) is 16.3. The average Bonchev–Trinajstić information content (AvgIpc) is 3.52. The van der Waals surface area contributed by atoms with E-state index in [1.54, 1.807) is 0 Å². The number of aromatic nitrogens is 2. The minimum atomic E-state index is 1.03. The molecular weight excluding hydrogens is 416 g/mol. The molecule has 4 aromatic heterocycles.